The third-order valence-corrected chi connectivity index (χ3v) is 5.10. The molecule has 3 rings (SSSR count). The van der Waals surface area contributed by atoms with Crippen molar-refractivity contribution in [2.45, 2.75) is 33.0 Å². The highest BCUT2D eigenvalue weighted by atomic mass is 32.1. The Bertz CT molecular complexity index is 808. The molecule has 0 spiro atoms. The van der Waals surface area contributed by atoms with Crippen molar-refractivity contribution in [1.29, 1.82) is 0 Å². The summed E-state index contributed by atoms with van der Waals surface area (Å²) in [5.41, 5.74) is 1.26. The van der Waals surface area contributed by atoms with E-state index in [4.69, 9.17) is 4.99 Å². The van der Waals surface area contributed by atoms with Gasteiger partial charge in [-0.15, -0.1) is 11.3 Å². The number of imidazole rings is 1. The van der Waals surface area contributed by atoms with E-state index < -0.39 is 0 Å². The smallest absolute Gasteiger partial charge is 0.192 e. The predicted molar refractivity (Wildman–Crippen MR) is 108 cm³/mol. The molecule has 0 radical (unpaired) electrons. The van der Waals surface area contributed by atoms with Crippen LogP contribution in [0.25, 0.3) is 0 Å². The summed E-state index contributed by atoms with van der Waals surface area (Å²) < 4.78 is 2.14. The molecule has 2 heterocycles. The van der Waals surface area contributed by atoms with Crippen molar-refractivity contribution in [2.75, 3.05) is 6.54 Å². The number of aromatic nitrogens is 2. The van der Waals surface area contributed by atoms with Crippen LogP contribution in [-0.4, -0.2) is 22.1 Å². The summed E-state index contributed by atoms with van der Waals surface area (Å²) in [7, 11) is 0. The van der Waals surface area contributed by atoms with Crippen molar-refractivity contribution in [1.82, 2.24) is 20.2 Å². The van der Waals surface area contributed by atoms with Crippen molar-refractivity contribution < 1.29 is 0 Å². The van der Waals surface area contributed by atoms with Crippen LogP contribution >= 0.6 is 11.3 Å². The molecule has 2 N–H and O–H groups in total. The van der Waals surface area contributed by atoms with Gasteiger partial charge in [-0.2, -0.15) is 0 Å². The zero-order valence-electron chi connectivity index (χ0n) is 15.2. The van der Waals surface area contributed by atoms with Gasteiger partial charge in [0.25, 0.3) is 0 Å². The van der Waals surface area contributed by atoms with Gasteiger partial charge in [0.1, 0.15) is 12.4 Å². The first kappa shape index (κ1) is 18.2. The van der Waals surface area contributed by atoms with Crippen LogP contribution in [0.3, 0.4) is 0 Å². The molecule has 0 fully saturated rings. The Kier molecular flexibility index (Phi) is 6.44. The minimum atomic E-state index is 0.219. The number of nitrogens with zero attached hydrogens (tertiary/aromatic N) is 3. The minimum absolute atomic E-state index is 0.219. The summed E-state index contributed by atoms with van der Waals surface area (Å²) in [5, 5.41) is 8.87. The first-order valence-corrected chi connectivity index (χ1v) is 9.76. The summed E-state index contributed by atoms with van der Waals surface area (Å²) in [6.07, 6.45) is 3.84. The zero-order chi connectivity index (χ0) is 18.2. The summed E-state index contributed by atoms with van der Waals surface area (Å²) in [6.45, 7) is 6.38. The molecule has 0 amide bonds. The Balaban J connectivity index is 1.67. The second kappa shape index (κ2) is 9.20. The monoisotopic (exact) mass is 367 g/mol. The molecule has 5 nitrogen and oxygen atoms in total. The highest BCUT2D eigenvalue weighted by molar-refractivity contribution is 7.10. The average molecular weight is 368 g/mol. The number of thiophene rings is 1. The Labute approximate surface area is 158 Å². The third-order valence-electron chi connectivity index (χ3n) is 4.04. The van der Waals surface area contributed by atoms with Crippen LogP contribution in [0, 0.1) is 0 Å². The number of hydrogen-bond acceptors (Lipinski definition) is 3. The van der Waals surface area contributed by atoms with E-state index in [0.717, 1.165) is 24.9 Å². The number of rotatable bonds is 7. The topological polar surface area (TPSA) is 54.2 Å². The highest BCUT2D eigenvalue weighted by Gasteiger charge is 2.09. The molecular formula is C20H25N5S. The van der Waals surface area contributed by atoms with Gasteiger partial charge in [-0.25, -0.2) is 9.98 Å². The molecule has 0 saturated carbocycles. The van der Waals surface area contributed by atoms with Gasteiger partial charge in [0.05, 0.1) is 6.04 Å². The van der Waals surface area contributed by atoms with E-state index in [2.05, 4.69) is 75.8 Å². The molecule has 0 aliphatic rings. The van der Waals surface area contributed by atoms with Crippen LogP contribution in [0.15, 0.2) is 65.2 Å². The van der Waals surface area contributed by atoms with Crippen LogP contribution in [-0.2, 0) is 13.1 Å². The summed E-state index contributed by atoms with van der Waals surface area (Å²) in [6, 6.07) is 14.8. The zero-order valence-corrected chi connectivity index (χ0v) is 16.0. The lowest BCUT2D eigenvalue weighted by Gasteiger charge is -2.16. The fraction of sp³-hybridized carbons (Fsp3) is 0.300. The van der Waals surface area contributed by atoms with E-state index in [9.17, 15) is 0 Å². The second-order valence-electron chi connectivity index (χ2n) is 6.03. The normalized spacial score (nSPS) is 12.8. The van der Waals surface area contributed by atoms with E-state index in [0.29, 0.717) is 6.54 Å². The molecule has 136 valence electrons. The van der Waals surface area contributed by atoms with Gasteiger partial charge in [0, 0.05) is 30.4 Å². The summed E-state index contributed by atoms with van der Waals surface area (Å²) >= 11 is 1.75. The molecule has 3 aromatic rings. The lowest BCUT2D eigenvalue weighted by molar-refractivity contribution is 0.685. The van der Waals surface area contributed by atoms with Crippen molar-refractivity contribution in [3.05, 3.63) is 76.5 Å². The van der Waals surface area contributed by atoms with Crippen LogP contribution in [0.2, 0.25) is 0 Å². The number of aliphatic imine (C=N–C) groups is 1. The number of nitrogens with one attached hydrogen (secondary N) is 2. The lowest BCUT2D eigenvalue weighted by atomic mass is 10.2. The molecule has 1 atom stereocenters. The molecule has 26 heavy (non-hydrogen) atoms. The quantitative estimate of drug-likeness (QED) is 0.493. The molecule has 0 saturated heterocycles. The number of benzene rings is 1. The second-order valence-corrected chi connectivity index (χ2v) is 7.01. The van der Waals surface area contributed by atoms with Crippen molar-refractivity contribution in [3.63, 3.8) is 0 Å². The SMILES string of the molecule is CCNC(=NCc1nccn1Cc1ccccc1)NC(C)c1cccs1. The maximum atomic E-state index is 4.72. The summed E-state index contributed by atoms with van der Waals surface area (Å²) in [5.74, 6) is 1.76. The Morgan fingerprint density at radius 3 is 2.81 bits per heavy atom. The van der Waals surface area contributed by atoms with Crippen LogP contribution in [0.5, 0.6) is 0 Å². The molecule has 0 bridgehead atoms. The van der Waals surface area contributed by atoms with E-state index in [1.165, 1.54) is 10.4 Å². The Morgan fingerprint density at radius 2 is 2.08 bits per heavy atom. The van der Waals surface area contributed by atoms with Gasteiger partial charge in [0.15, 0.2) is 5.96 Å². The molecule has 1 aromatic carbocycles. The lowest BCUT2D eigenvalue weighted by Crippen LogP contribution is -2.38. The average Bonchev–Trinajstić information content (AvgIpc) is 3.33. The van der Waals surface area contributed by atoms with Gasteiger partial charge >= 0.3 is 0 Å². The maximum Gasteiger partial charge on any atom is 0.192 e. The van der Waals surface area contributed by atoms with E-state index in [1.807, 2.05) is 18.5 Å². The van der Waals surface area contributed by atoms with Gasteiger partial charge in [-0.3, -0.25) is 0 Å². The number of guanidine groups is 1. The number of hydrogen-bond donors (Lipinski definition) is 2. The molecular weight excluding hydrogens is 342 g/mol. The Morgan fingerprint density at radius 1 is 1.23 bits per heavy atom. The van der Waals surface area contributed by atoms with E-state index in [-0.39, 0.29) is 6.04 Å². The summed E-state index contributed by atoms with van der Waals surface area (Å²) in [4.78, 5) is 10.5. The first-order chi connectivity index (χ1) is 12.8. The van der Waals surface area contributed by atoms with Crippen molar-refractivity contribution >= 4 is 17.3 Å². The van der Waals surface area contributed by atoms with Gasteiger partial charge < -0.3 is 15.2 Å². The molecule has 0 aliphatic carbocycles. The van der Waals surface area contributed by atoms with E-state index in [1.54, 1.807) is 11.3 Å². The first-order valence-electron chi connectivity index (χ1n) is 8.88. The predicted octanol–water partition coefficient (Wildman–Crippen LogP) is 3.81. The standard InChI is InChI=1S/C20H25N5S/c1-3-21-20(24-16(2)18-10-7-13-26-18)23-14-19-22-11-12-25(19)15-17-8-5-4-6-9-17/h4-13,16H,3,14-15H2,1-2H3,(H2,21,23,24). The highest BCUT2D eigenvalue weighted by Crippen LogP contribution is 2.17. The largest absolute Gasteiger partial charge is 0.357 e. The molecule has 2 aromatic heterocycles. The minimum Gasteiger partial charge on any atom is -0.357 e. The van der Waals surface area contributed by atoms with Gasteiger partial charge in [-0.1, -0.05) is 36.4 Å². The Hall–Kier alpha value is -2.60. The van der Waals surface area contributed by atoms with Crippen LogP contribution in [0.1, 0.15) is 36.2 Å². The van der Waals surface area contributed by atoms with Crippen LogP contribution < -0.4 is 10.6 Å². The van der Waals surface area contributed by atoms with Crippen molar-refractivity contribution in [3.8, 4) is 0 Å². The molecule has 1 unspecified atom stereocenters. The van der Waals surface area contributed by atoms with Gasteiger partial charge in [0.2, 0.25) is 0 Å². The van der Waals surface area contributed by atoms with Gasteiger partial charge in [-0.05, 0) is 30.9 Å². The fourth-order valence-corrected chi connectivity index (χ4v) is 3.43. The third kappa shape index (κ3) is 4.95. The maximum absolute atomic E-state index is 4.72. The fourth-order valence-electron chi connectivity index (χ4n) is 2.70. The van der Waals surface area contributed by atoms with Crippen molar-refractivity contribution in [2.24, 2.45) is 4.99 Å². The molecule has 6 heteroatoms. The van der Waals surface area contributed by atoms with E-state index >= 15 is 0 Å². The van der Waals surface area contributed by atoms with Crippen LogP contribution in [0.4, 0.5) is 0 Å². The molecule has 0 aliphatic heterocycles.